The van der Waals surface area contributed by atoms with Gasteiger partial charge in [-0.1, -0.05) is 31.2 Å². The smallest absolute Gasteiger partial charge is 0.224 e. The van der Waals surface area contributed by atoms with E-state index in [-0.39, 0.29) is 12.0 Å². The Balaban J connectivity index is 1.90. The number of hydrogen-bond donors (Lipinski definition) is 4. The Morgan fingerprint density at radius 2 is 1.72 bits per heavy atom. The molecule has 0 fully saturated rings. The van der Waals surface area contributed by atoms with E-state index in [2.05, 4.69) is 20.9 Å². The van der Waals surface area contributed by atoms with E-state index in [9.17, 15) is 9.90 Å². The van der Waals surface area contributed by atoms with Crippen LogP contribution in [-0.2, 0) is 11.3 Å². The monoisotopic (exact) mass is 440 g/mol. The second kappa shape index (κ2) is 13.4. The lowest BCUT2D eigenvalue weighted by atomic mass is 10.1. The minimum absolute atomic E-state index is 0.0255. The molecule has 0 aromatic heterocycles. The SMILES string of the molecule is CCCC(=O)Nc1ccc(CN=C(NCC)NCC(O)c2ccc(OC(C)C)cc2)cc1. The van der Waals surface area contributed by atoms with Gasteiger partial charge < -0.3 is 25.8 Å². The summed E-state index contributed by atoms with van der Waals surface area (Å²) < 4.78 is 5.64. The van der Waals surface area contributed by atoms with E-state index in [0.29, 0.717) is 32.0 Å². The lowest BCUT2D eigenvalue weighted by Crippen LogP contribution is -2.39. The Morgan fingerprint density at radius 3 is 2.31 bits per heavy atom. The van der Waals surface area contributed by atoms with Crippen LogP contribution in [0.25, 0.3) is 0 Å². The molecule has 1 amide bonds. The number of aliphatic imine (C=N–C) groups is 1. The molecule has 0 bridgehead atoms. The number of guanidine groups is 1. The maximum Gasteiger partial charge on any atom is 0.224 e. The zero-order chi connectivity index (χ0) is 23.3. The molecular formula is C25H36N4O3. The Labute approximate surface area is 191 Å². The van der Waals surface area contributed by atoms with Crippen LogP contribution in [0.3, 0.4) is 0 Å². The fourth-order valence-electron chi connectivity index (χ4n) is 3.01. The number of benzene rings is 2. The van der Waals surface area contributed by atoms with Crippen molar-refractivity contribution in [1.82, 2.24) is 10.6 Å². The van der Waals surface area contributed by atoms with Gasteiger partial charge in [-0.3, -0.25) is 4.79 Å². The Kier molecular flexibility index (Phi) is 10.5. The molecule has 0 aliphatic rings. The van der Waals surface area contributed by atoms with E-state index in [1.807, 2.05) is 76.2 Å². The highest BCUT2D eigenvalue weighted by Gasteiger charge is 2.09. The maximum absolute atomic E-state index is 11.7. The van der Waals surface area contributed by atoms with Gasteiger partial charge in [0.1, 0.15) is 5.75 Å². The van der Waals surface area contributed by atoms with Crippen molar-refractivity contribution in [3.05, 3.63) is 59.7 Å². The minimum atomic E-state index is -0.669. The van der Waals surface area contributed by atoms with Crippen molar-refractivity contribution in [3.8, 4) is 5.75 Å². The molecular weight excluding hydrogens is 404 g/mol. The fourth-order valence-corrected chi connectivity index (χ4v) is 3.01. The number of aliphatic hydroxyl groups excluding tert-OH is 1. The molecule has 0 heterocycles. The van der Waals surface area contributed by atoms with E-state index in [1.165, 1.54) is 0 Å². The zero-order valence-electron chi connectivity index (χ0n) is 19.5. The number of hydrogen-bond acceptors (Lipinski definition) is 4. The molecule has 0 aliphatic heterocycles. The third kappa shape index (κ3) is 8.98. The molecule has 0 spiro atoms. The van der Waals surface area contributed by atoms with Crippen molar-refractivity contribution in [2.75, 3.05) is 18.4 Å². The highest BCUT2D eigenvalue weighted by molar-refractivity contribution is 5.90. The average Bonchev–Trinajstić information content (AvgIpc) is 2.76. The number of nitrogens with zero attached hydrogens (tertiary/aromatic N) is 1. The van der Waals surface area contributed by atoms with Crippen LogP contribution in [0.2, 0.25) is 0 Å². The van der Waals surface area contributed by atoms with Gasteiger partial charge >= 0.3 is 0 Å². The van der Waals surface area contributed by atoms with E-state index in [4.69, 9.17) is 4.74 Å². The molecule has 7 heteroatoms. The van der Waals surface area contributed by atoms with Gasteiger partial charge in [-0.25, -0.2) is 4.99 Å². The fraction of sp³-hybridized carbons (Fsp3) is 0.440. The molecule has 174 valence electrons. The number of aliphatic hydroxyl groups is 1. The van der Waals surface area contributed by atoms with E-state index in [0.717, 1.165) is 29.0 Å². The molecule has 1 unspecified atom stereocenters. The first-order chi connectivity index (χ1) is 15.4. The molecule has 7 nitrogen and oxygen atoms in total. The Hall–Kier alpha value is -3.06. The van der Waals surface area contributed by atoms with Crippen molar-refractivity contribution in [1.29, 1.82) is 0 Å². The number of carbonyl (C=O) groups excluding carboxylic acids is 1. The Morgan fingerprint density at radius 1 is 1.03 bits per heavy atom. The van der Waals surface area contributed by atoms with Crippen molar-refractivity contribution in [2.24, 2.45) is 4.99 Å². The zero-order valence-corrected chi connectivity index (χ0v) is 19.5. The molecule has 1 atom stereocenters. The summed E-state index contributed by atoms with van der Waals surface area (Å²) in [6, 6.07) is 15.1. The Bertz CT molecular complexity index is 848. The third-order valence-electron chi connectivity index (χ3n) is 4.58. The van der Waals surface area contributed by atoms with Crippen LogP contribution in [0.15, 0.2) is 53.5 Å². The number of carbonyl (C=O) groups is 1. The summed E-state index contributed by atoms with van der Waals surface area (Å²) in [6.07, 6.45) is 0.789. The molecule has 32 heavy (non-hydrogen) atoms. The first-order valence-electron chi connectivity index (χ1n) is 11.3. The summed E-state index contributed by atoms with van der Waals surface area (Å²) >= 11 is 0. The number of amides is 1. The largest absolute Gasteiger partial charge is 0.491 e. The summed E-state index contributed by atoms with van der Waals surface area (Å²) in [4.78, 5) is 16.3. The number of rotatable bonds is 11. The summed E-state index contributed by atoms with van der Waals surface area (Å²) in [6.45, 7) is 9.46. The number of anilines is 1. The highest BCUT2D eigenvalue weighted by Crippen LogP contribution is 2.18. The maximum atomic E-state index is 11.7. The molecule has 2 rings (SSSR count). The normalized spacial score (nSPS) is 12.4. The molecule has 0 aliphatic carbocycles. The van der Waals surface area contributed by atoms with Crippen LogP contribution in [0.4, 0.5) is 5.69 Å². The van der Waals surface area contributed by atoms with Gasteiger partial charge in [0, 0.05) is 25.2 Å². The minimum Gasteiger partial charge on any atom is -0.491 e. The van der Waals surface area contributed by atoms with Gasteiger partial charge in [0.25, 0.3) is 0 Å². The first kappa shape index (κ1) is 25.2. The van der Waals surface area contributed by atoms with Crippen LogP contribution in [0.1, 0.15) is 57.8 Å². The lowest BCUT2D eigenvalue weighted by Gasteiger charge is -2.16. The molecule has 0 saturated carbocycles. The van der Waals surface area contributed by atoms with Gasteiger partial charge in [0.15, 0.2) is 5.96 Å². The number of nitrogens with one attached hydrogen (secondary N) is 3. The lowest BCUT2D eigenvalue weighted by molar-refractivity contribution is -0.116. The molecule has 2 aromatic rings. The van der Waals surface area contributed by atoms with Crippen molar-refractivity contribution in [3.63, 3.8) is 0 Å². The molecule has 0 saturated heterocycles. The predicted octanol–water partition coefficient (Wildman–Crippen LogP) is 4.00. The van der Waals surface area contributed by atoms with Crippen LogP contribution in [0, 0.1) is 0 Å². The highest BCUT2D eigenvalue weighted by atomic mass is 16.5. The standard InChI is InChI=1S/C25H36N4O3/c1-5-7-24(31)29-21-12-8-19(9-13-21)16-27-25(26-6-2)28-17-23(30)20-10-14-22(15-11-20)32-18(3)4/h8-15,18,23,30H,5-7,16-17H2,1-4H3,(H,29,31)(H2,26,27,28). The second-order valence-electron chi connectivity index (χ2n) is 7.82. The third-order valence-corrected chi connectivity index (χ3v) is 4.58. The summed E-state index contributed by atoms with van der Waals surface area (Å²) in [5.41, 5.74) is 2.62. The second-order valence-corrected chi connectivity index (χ2v) is 7.82. The average molecular weight is 441 g/mol. The summed E-state index contributed by atoms with van der Waals surface area (Å²) in [5.74, 6) is 1.44. The predicted molar refractivity (Wildman–Crippen MR) is 130 cm³/mol. The van der Waals surface area contributed by atoms with Crippen LogP contribution >= 0.6 is 0 Å². The van der Waals surface area contributed by atoms with Crippen molar-refractivity contribution in [2.45, 2.75) is 59.3 Å². The van der Waals surface area contributed by atoms with Crippen molar-refractivity contribution >= 4 is 17.6 Å². The van der Waals surface area contributed by atoms with Gasteiger partial charge in [0.2, 0.25) is 5.91 Å². The number of ether oxygens (including phenoxy) is 1. The van der Waals surface area contributed by atoms with Crippen LogP contribution < -0.4 is 20.7 Å². The van der Waals surface area contributed by atoms with Crippen molar-refractivity contribution < 1.29 is 14.6 Å². The van der Waals surface area contributed by atoms with Crippen LogP contribution in [-0.4, -0.2) is 36.2 Å². The molecule has 2 aromatic carbocycles. The van der Waals surface area contributed by atoms with E-state index in [1.54, 1.807) is 0 Å². The van der Waals surface area contributed by atoms with E-state index < -0.39 is 6.10 Å². The van der Waals surface area contributed by atoms with Gasteiger partial charge in [-0.2, -0.15) is 0 Å². The van der Waals surface area contributed by atoms with Crippen LogP contribution in [0.5, 0.6) is 5.75 Å². The topological polar surface area (TPSA) is 95.0 Å². The summed E-state index contributed by atoms with van der Waals surface area (Å²) in [7, 11) is 0. The first-order valence-corrected chi connectivity index (χ1v) is 11.3. The van der Waals surface area contributed by atoms with E-state index >= 15 is 0 Å². The summed E-state index contributed by atoms with van der Waals surface area (Å²) in [5, 5.41) is 19.8. The van der Waals surface area contributed by atoms with Gasteiger partial charge in [-0.05, 0) is 62.6 Å². The quantitative estimate of drug-likeness (QED) is 0.313. The molecule has 4 N–H and O–H groups in total. The van der Waals surface area contributed by atoms with Gasteiger partial charge in [0.05, 0.1) is 18.8 Å². The molecule has 0 radical (unpaired) electrons. The van der Waals surface area contributed by atoms with Gasteiger partial charge in [-0.15, -0.1) is 0 Å².